The monoisotopic (exact) mass is 394 g/mol. The minimum absolute atomic E-state index is 0.299. The molecule has 0 radical (unpaired) electrons. The number of rotatable bonds is 13. The molecule has 150 valence electrons. The zero-order valence-electron chi connectivity index (χ0n) is 17.3. The number of ketones is 1. The van der Waals surface area contributed by atoms with Crippen LogP contribution < -0.4 is 0 Å². The highest BCUT2D eigenvalue weighted by atomic mass is 32.1. The summed E-state index contributed by atoms with van der Waals surface area (Å²) in [5.41, 5.74) is 0.878. The van der Waals surface area contributed by atoms with Gasteiger partial charge in [-0.1, -0.05) is 89.3 Å². The first-order chi connectivity index (χ1) is 13.8. The van der Waals surface area contributed by atoms with Gasteiger partial charge in [-0.05, 0) is 30.7 Å². The van der Waals surface area contributed by atoms with Crippen LogP contribution in [-0.4, -0.2) is 5.78 Å². The predicted octanol–water partition coefficient (Wildman–Crippen LogP) is 8.94. The molecule has 28 heavy (non-hydrogen) atoms. The van der Waals surface area contributed by atoms with Crippen LogP contribution in [0, 0.1) is 0 Å². The van der Waals surface area contributed by atoms with E-state index in [9.17, 15) is 4.79 Å². The molecule has 0 aliphatic heterocycles. The Kier molecular flexibility index (Phi) is 8.54. The Morgan fingerprint density at radius 1 is 0.714 bits per heavy atom. The van der Waals surface area contributed by atoms with Gasteiger partial charge in [-0.25, -0.2) is 0 Å². The fourth-order valence-corrected chi connectivity index (χ4v) is 5.08. The van der Waals surface area contributed by atoms with Gasteiger partial charge in [0.05, 0.1) is 0 Å². The highest BCUT2D eigenvalue weighted by molar-refractivity contribution is 7.25. The molecule has 3 aromatic rings. The number of unbranched alkanes of at least 4 members (excludes halogenated alkanes) is 10. The number of hydrogen-bond acceptors (Lipinski definition) is 2. The van der Waals surface area contributed by atoms with E-state index in [4.69, 9.17) is 0 Å². The lowest BCUT2D eigenvalue weighted by molar-refractivity contribution is 0.0979. The van der Waals surface area contributed by atoms with E-state index in [1.165, 1.54) is 84.4 Å². The zero-order chi connectivity index (χ0) is 19.6. The highest BCUT2D eigenvalue weighted by Gasteiger charge is 2.10. The van der Waals surface area contributed by atoms with E-state index < -0.39 is 0 Å². The third-order valence-corrected chi connectivity index (χ3v) is 6.86. The average molecular weight is 395 g/mol. The van der Waals surface area contributed by atoms with Gasteiger partial charge in [-0.3, -0.25) is 4.79 Å². The van der Waals surface area contributed by atoms with Gasteiger partial charge in [-0.15, -0.1) is 11.3 Å². The minimum atomic E-state index is 0.299. The topological polar surface area (TPSA) is 17.1 Å². The van der Waals surface area contributed by atoms with Gasteiger partial charge in [0.15, 0.2) is 5.78 Å². The van der Waals surface area contributed by atoms with Crippen LogP contribution in [0.3, 0.4) is 0 Å². The van der Waals surface area contributed by atoms with Crippen LogP contribution in [-0.2, 0) is 0 Å². The van der Waals surface area contributed by atoms with Crippen LogP contribution in [0.5, 0.6) is 0 Å². The van der Waals surface area contributed by atoms with E-state index >= 15 is 0 Å². The van der Waals surface area contributed by atoms with Crippen LogP contribution in [0.15, 0.2) is 42.5 Å². The second kappa shape index (κ2) is 11.4. The molecule has 0 fully saturated rings. The molecule has 0 N–H and O–H groups in total. The Hall–Kier alpha value is -1.67. The van der Waals surface area contributed by atoms with Crippen molar-refractivity contribution >= 4 is 37.3 Å². The van der Waals surface area contributed by atoms with Crippen molar-refractivity contribution in [3.05, 3.63) is 48.0 Å². The van der Waals surface area contributed by atoms with Crippen molar-refractivity contribution < 1.29 is 4.79 Å². The molecule has 0 amide bonds. The zero-order valence-corrected chi connectivity index (χ0v) is 18.2. The van der Waals surface area contributed by atoms with Crippen LogP contribution in [0.4, 0.5) is 0 Å². The fourth-order valence-electron chi connectivity index (χ4n) is 3.99. The van der Waals surface area contributed by atoms with E-state index in [0.717, 1.165) is 12.0 Å². The maximum Gasteiger partial charge on any atom is 0.162 e. The molecular weight excluding hydrogens is 360 g/mol. The first-order valence-electron chi connectivity index (χ1n) is 11.2. The number of fused-ring (bicyclic) bond motifs is 3. The number of benzene rings is 2. The molecule has 0 unspecified atom stereocenters. The van der Waals surface area contributed by atoms with E-state index in [2.05, 4.69) is 43.3 Å². The Balaban J connectivity index is 1.37. The van der Waals surface area contributed by atoms with Crippen molar-refractivity contribution in [1.29, 1.82) is 0 Å². The normalized spacial score (nSPS) is 11.5. The third kappa shape index (κ3) is 5.91. The molecule has 2 aromatic carbocycles. The molecule has 1 heterocycles. The lowest BCUT2D eigenvalue weighted by Crippen LogP contribution is -1.98. The molecule has 0 atom stereocenters. The summed E-state index contributed by atoms with van der Waals surface area (Å²) in [4.78, 5) is 12.6. The summed E-state index contributed by atoms with van der Waals surface area (Å²) >= 11 is 1.81. The first-order valence-corrected chi connectivity index (χ1v) is 12.1. The maximum absolute atomic E-state index is 12.6. The summed E-state index contributed by atoms with van der Waals surface area (Å²) in [5.74, 6) is 0.299. The molecule has 0 spiro atoms. The van der Waals surface area contributed by atoms with Crippen LogP contribution >= 0.6 is 11.3 Å². The van der Waals surface area contributed by atoms with Crippen molar-refractivity contribution in [2.45, 2.75) is 84.0 Å². The largest absolute Gasteiger partial charge is 0.294 e. The lowest BCUT2D eigenvalue weighted by Gasteiger charge is -2.04. The smallest absolute Gasteiger partial charge is 0.162 e. The number of carbonyl (C=O) groups excluding carboxylic acids is 1. The molecule has 0 bridgehead atoms. The molecule has 3 rings (SSSR count). The molecule has 1 aromatic heterocycles. The molecule has 1 nitrogen and oxygen atoms in total. The van der Waals surface area contributed by atoms with Crippen molar-refractivity contribution in [3.63, 3.8) is 0 Å². The Morgan fingerprint density at radius 3 is 2.04 bits per heavy atom. The summed E-state index contributed by atoms with van der Waals surface area (Å²) in [5, 5.41) is 2.50. The molecular formula is C26H34OS. The highest BCUT2D eigenvalue weighted by Crippen LogP contribution is 2.34. The lowest BCUT2D eigenvalue weighted by atomic mass is 10.0. The first kappa shape index (κ1) is 21.0. The number of Topliss-reactive ketones (excluding diaryl/α,β-unsaturated/α-hetero) is 1. The van der Waals surface area contributed by atoms with Gasteiger partial charge < -0.3 is 0 Å². The summed E-state index contributed by atoms with van der Waals surface area (Å²) in [6.45, 7) is 2.27. The summed E-state index contributed by atoms with van der Waals surface area (Å²) in [6.07, 6.45) is 15.2. The van der Waals surface area contributed by atoms with E-state index in [0.29, 0.717) is 12.2 Å². The molecule has 0 saturated carbocycles. The summed E-state index contributed by atoms with van der Waals surface area (Å²) in [6, 6.07) is 14.7. The van der Waals surface area contributed by atoms with Crippen LogP contribution in [0.1, 0.15) is 94.3 Å². The molecule has 0 aliphatic rings. The van der Waals surface area contributed by atoms with E-state index in [-0.39, 0.29) is 0 Å². The summed E-state index contributed by atoms with van der Waals surface area (Å²) < 4.78 is 2.57. The second-order valence-electron chi connectivity index (χ2n) is 8.02. The number of thiophene rings is 1. The van der Waals surface area contributed by atoms with Crippen molar-refractivity contribution in [2.75, 3.05) is 0 Å². The Morgan fingerprint density at radius 2 is 1.32 bits per heavy atom. The maximum atomic E-state index is 12.6. The van der Waals surface area contributed by atoms with Gasteiger partial charge in [0, 0.05) is 32.2 Å². The van der Waals surface area contributed by atoms with Crippen molar-refractivity contribution in [2.24, 2.45) is 0 Å². The predicted molar refractivity (Wildman–Crippen MR) is 125 cm³/mol. The van der Waals surface area contributed by atoms with Gasteiger partial charge in [0.2, 0.25) is 0 Å². The van der Waals surface area contributed by atoms with E-state index in [1.807, 2.05) is 6.07 Å². The van der Waals surface area contributed by atoms with Gasteiger partial charge in [-0.2, -0.15) is 0 Å². The third-order valence-electron chi connectivity index (χ3n) is 5.71. The van der Waals surface area contributed by atoms with Crippen molar-refractivity contribution in [1.82, 2.24) is 0 Å². The van der Waals surface area contributed by atoms with E-state index in [1.54, 1.807) is 11.3 Å². The van der Waals surface area contributed by atoms with Crippen LogP contribution in [0.25, 0.3) is 20.2 Å². The van der Waals surface area contributed by atoms with Gasteiger partial charge >= 0.3 is 0 Å². The SMILES string of the molecule is CCCCCCCCCCCCCC(=O)c1ccc2sc3ccccc3c2c1. The fraction of sp³-hybridized carbons (Fsp3) is 0.500. The quantitative estimate of drug-likeness (QED) is 0.209. The minimum Gasteiger partial charge on any atom is -0.294 e. The Bertz CT molecular complexity index is 876. The molecule has 2 heteroatoms. The number of carbonyl (C=O) groups is 1. The molecule has 0 saturated heterocycles. The standard InChI is InChI=1S/C26H34OS/c1-2-3-4-5-6-7-8-9-10-11-12-16-24(27)21-18-19-26-23(20-21)22-15-13-14-17-25(22)28-26/h13-15,17-20H,2-12,16H2,1H3. The Labute approximate surface area is 174 Å². The molecule has 0 aliphatic carbocycles. The number of hydrogen-bond donors (Lipinski definition) is 0. The van der Waals surface area contributed by atoms with Crippen molar-refractivity contribution in [3.8, 4) is 0 Å². The van der Waals surface area contributed by atoms with Crippen LogP contribution in [0.2, 0.25) is 0 Å². The average Bonchev–Trinajstić information content (AvgIpc) is 3.09. The van der Waals surface area contributed by atoms with Gasteiger partial charge in [0.1, 0.15) is 0 Å². The summed E-state index contributed by atoms with van der Waals surface area (Å²) in [7, 11) is 0. The van der Waals surface area contributed by atoms with Gasteiger partial charge in [0.25, 0.3) is 0 Å². The second-order valence-corrected chi connectivity index (χ2v) is 9.10.